The number of ether oxygens (including phenoxy) is 1. The largest absolute Gasteiger partial charge is 0.491 e. The van der Waals surface area contributed by atoms with Crippen molar-refractivity contribution in [3.05, 3.63) is 48.8 Å². The Morgan fingerprint density at radius 3 is 2.86 bits per heavy atom. The SMILES string of the molecule is O=C(Cn1ccnc1)NCC(O)COc1ccc(F)cc1. The summed E-state index contributed by atoms with van der Waals surface area (Å²) < 4.78 is 19.6. The molecule has 1 amide bonds. The minimum atomic E-state index is -0.846. The normalized spacial score (nSPS) is 11.9. The Morgan fingerprint density at radius 1 is 1.43 bits per heavy atom. The van der Waals surface area contributed by atoms with E-state index in [9.17, 15) is 14.3 Å². The summed E-state index contributed by atoms with van der Waals surface area (Å²) in [4.78, 5) is 15.4. The molecule has 0 bridgehead atoms. The lowest BCUT2D eigenvalue weighted by molar-refractivity contribution is -0.122. The van der Waals surface area contributed by atoms with Gasteiger partial charge in [-0.15, -0.1) is 0 Å². The quantitative estimate of drug-likeness (QED) is 0.783. The molecule has 21 heavy (non-hydrogen) atoms. The monoisotopic (exact) mass is 293 g/mol. The van der Waals surface area contributed by atoms with Crippen molar-refractivity contribution < 1.29 is 19.0 Å². The van der Waals surface area contributed by atoms with Crippen LogP contribution in [-0.2, 0) is 11.3 Å². The summed E-state index contributed by atoms with van der Waals surface area (Å²) in [6.45, 7) is 0.233. The number of carbonyl (C=O) groups excluding carboxylic acids is 1. The molecule has 0 aliphatic carbocycles. The van der Waals surface area contributed by atoms with E-state index in [1.54, 1.807) is 17.0 Å². The fourth-order valence-corrected chi connectivity index (χ4v) is 1.62. The van der Waals surface area contributed by atoms with Crippen molar-refractivity contribution in [2.75, 3.05) is 13.2 Å². The number of nitrogens with one attached hydrogen (secondary N) is 1. The highest BCUT2D eigenvalue weighted by Gasteiger charge is 2.08. The predicted octanol–water partition coefficient (Wildman–Crippen LogP) is 0.578. The molecule has 7 heteroatoms. The lowest BCUT2D eigenvalue weighted by atomic mass is 10.3. The van der Waals surface area contributed by atoms with E-state index in [0.29, 0.717) is 5.75 Å². The molecule has 0 fully saturated rings. The van der Waals surface area contributed by atoms with Crippen molar-refractivity contribution >= 4 is 5.91 Å². The Balaban J connectivity index is 1.66. The molecule has 0 aliphatic rings. The van der Waals surface area contributed by atoms with Crippen LogP contribution in [0, 0.1) is 5.82 Å². The molecular weight excluding hydrogens is 277 g/mol. The molecule has 0 spiro atoms. The lowest BCUT2D eigenvalue weighted by Gasteiger charge is -2.13. The van der Waals surface area contributed by atoms with E-state index in [1.807, 2.05) is 0 Å². The Bertz CT molecular complexity index is 557. The fourth-order valence-electron chi connectivity index (χ4n) is 1.62. The first-order valence-corrected chi connectivity index (χ1v) is 6.42. The number of aromatic nitrogens is 2. The molecule has 2 N–H and O–H groups in total. The summed E-state index contributed by atoms with van der Waals surface area (Å²) in [6, 6.07) is 5.49. The van der Waals surface area contributed by atoms with Gasteiger partial charge in [0.2, 0.25) is 5.91 Å². The molecule has 1 aromatic heterocycles. The first-order valence-electron chi connectivity index (χ1n) is 6.42. The molecule has 2 rings (SSSR count). The van der Waals surface area contributed by atoms with Gasteiger partial charge in [-0.3, -0.25) is 4.79 Å². The number of rotatable bonds is 7. The van der Waals surface area contributed by atoms with Crippen molar-refractivity contribution in [1.29, 1.82) is 0 Å². The number of halogens is 1. The Labute approximate surface area is 121 Å². The highest BCUT2D eigenvalue weighted by atomic mass is 19.1. The van der Waals surface area contributed by atoms with Crippen LogP contribution in [0.3, 0.4) is 0 Å². The van der Waals surface area contributed by atoms with Crippen LogP contribution in [0.2, 0.25) is 0 Å². The summed E-state index contributed by atoms with van der Waals surface area (Å²) in [7, 11) is 0. The maximum absolute atomic E-state index is 12.7. The zero-order valence-corrected chi connectivity index (χ0v) is 11.3. The van der Waals surface area contributed by atoms with E-state index in [1.165, 1.54) is 30.6 Å². The predicted molar refractivity (Wildman–Crippen MR) is 73.1 cm³/mol. The molecule has 0 saturated carbocycles. The molecule has 1 heterocycles. The Hall–Kier alpha value is -2.41. The van der Waals surface area contributed by atoms with Crippen LogP contribution in [0.5, 0.6) is 5.75 Å². The average molecular weight is 293 g/mol. The van der Waals surface area contributed by atoms with Gasteiger partial charge in [0, 0.05) is 18.9 Å². The van der Waals surface area contributed by atoms with E-state index >= 15 is 0 Å². The van der Waals surface area contributed by atoms with Crippen molar-refractivity contribution in [3.8, 4) is 5.75 Å². The molecule has 0 aliphatic heterocycles. The van der Waals surface area contributed by atoms with Crippen LogP contribution in [-0.4, -0.2) is 39.8 Å². The number of hydrogen-bond donors (Lipinski definition) is 2. The van der Waals surface area contributed by atoms with Crippen LogP contribution in [0.4, 0.5) is 4.39 Å². The first-order chi connectivity index (χ1) is 10.1. The molecule has 1 aromatic carbocycles. The van der Waals surface area contributed by atoms with Gasteiger partial charge >= 0.3 is 0 Å². The molecule has 6 nitrogen and oxygen atoms in total. The highest BCUT2D eigenvalue weighted by molar-refractivity contribution is 5.75. The number of carbonyl (C=O) groups is 1. The summed E-state index contributed by atoms with van der Waals surface area (Å²) in [5.74, 6) is -0.122. The molecule has 0 saturated heterocycles. The van der Waals surface area contributed by atoms with Crippen molar-refractivity contribution in [3.63, 3.8) is 0 Å². The average Bonchev–Trinajstić information content (AvgIpc) is 2.97. The van der Waals surface area contributed by atoms with Crippen LogP contribution in [0.1, 0.15) is 0 Å². The molecule has 112 valence electrons. The molecule has 1 unspecified atom stereocenters. The third-order valence-corrected chi connectivity index (χ3v) is 2.68. The van der Waals surface area contributed by atoms with Crippen LogP contribution in [0.15, 0.2) is 43.0 Å². The van der Waals surface area contributed by atoms with Crippen molar-refractivity contribution in [1.82, 2.24) is 14.9 Å². The fraction of sp³-hybridized carbons (Fsp3) is 0.286. The van der Waals surface area contributed by atoms with Gasteiger partial charge in [-0.1, -0.05) is 0 Å². The summed E-state index contributed by atoms with van der Waals surface area (Å²) in [6.07, 6.45) is 3.95. The van der Waals surface area contributed by atoms with E-state index < -0.39 is 6.10 Å². The molecular formula is C14H16FN3O3. The van der Waals surface area contributed by atoms with Crippen LogP contribution < -0.4 is 10.1 Å². The summed E-state index contributed by atoms with van der Waals surface area (Å²) in [5, 5.41) is 12.3. The van der Waals surface area contributed by atoms with Gasteiger partial charge in [0.15, 0.2) is 0 Å². The van der Waals surface area contributed by atoms with Gasteiger partial charge < -0.3 is 19.7 Å². The second-order valence-corrected chi connectivity index (χ2v) is 4.46. The topological polar surface area (TPSA) is 76.4 Å². The number of benzene rings is 1. The lowest BCUT2D eigenvalue weighted by Crippen LogP contribution is -2.36. The smallest absolute Gasteiger partial charge is 0.240 e. The van der Waals surface area contributed by atoms with Gasteiger partial charge in [-0.2, -0.15) is 0 Å². The number of imidazole rings is 1. The van der Waals surface area contributed by atoms with E-state index in [4.69, 9.17) is 4.74 Å². The Kier molecular flexibility index (Phi) is 5.28. The highest BCUT2D eigenvalue weighted by Crippen LogP contribution is 2.11. The third kappa shape index (κ3) is 5.23. The van der Waals surface area contributed by atoms with E-state index in [2.05, 4.69) is 10.3 Å². The molecule has 1 atom stereocenters. The van der Waals surface area contributed by atoms with E-state index in [-0.39, 0.29) is 31.4 Å². The maximum atomic E-state index is 12.7. The third-order valence-electron chi connectivity index (χ3n) is 2.68. The maximum Gasteiger partial charge on any atom is 0.240 e. The number of aliphatic hydroxyl groups excluding tert-OH is 1. The standard InChI is InChI=1S/C14H16FN3O3/c15-11-1-3-13(4-2-11)21-9-12(19)7-17-14(20)8-18-6-5-16-10-18/h1-6,10,12,19H,7-9H2,(H,17,20). The van der Waals surface area contributed by atoms with Crippen molar-refractivity contribution in [2.45, 2.75) is 12.6 Å². The Morgan fingerprint density at radius 2 is 2.19 bits per heavy atom. The van der Waals surface area contributed by atoms with Gasteiger partial charge in [0.1, 0.15) is 30.8 Å². The van der Waals surface area contributed by atoms with E-state index in [0.717, 1.165) is 0 Å². The minimum absolute atomic E-state index is 0.0109. The van der Waals surface area contributed by atoms with Crippen LogP contribution in [0.25, 0.3) is 0 Å². The second kappa shape index (κ2) is 7.39. The minimum Gasteiger partial charge on any atom is -0.491 e. The second-order valence-electron chi connectivity index (χ2n) is 4.46. The van der Waals surface area contributed by atoms with Gasteiger partial charge in [0.05, 0.1) is 6.33 Å². The zero-order chi connectivity index (χ0) is 15.1. The summed E-state index contributed by atoms with van der Waals surface area (Å²) >= 11 is 0. The molecule has 0 radical (unpaired) electrons. The van der Waals surface area contributed by atoms with Gasteiger partial charge in [-0.25, -0.2) is 9.37 Å². The summed E-state index contributed by atoms with van der Waals surface area (Å²) in [5.41, 5.74) is 0. The molecule has 2 aromatic rings. The van der Waals surface area contributed by atoms with Gasteiger partial charge in [-0.05, 0) is 24.3 Å². The number of hydrogen-bond acceptors (Lipinski definition) is 4. The van der Waals surface area contributed by atoms with Crippen molar-refractivity contribution in [2.24, 2.45) is 0 Å². The zero-order valence-electron chi connectivity index (χ0n) is 11.3. The number of aliphatic hydroxyl groups is 1. The number of nitrogens with zero attached hydrogens (tertiary/aromatic N) is 2. The van der Waals surface area contributed by atoms with Crippen LogP contribution >= 0.6 is 0 Å². The number of amides is 1. The first kappa shape index (κ1) is 15.0. The van der Waals surface area contributed by atoms with Gasteiger partial charge in [0.25, 0.3) is 0 Å².